The molecular formula is C14H16N4O2. The van der Waals surface area contributed by atoms with Crippen molar-refractivity contribution in [1.82, 2.24) is 4.98 Å². The lowest BCUT2D eigenvalue weighted by Gasteiger charge is -2.07. The maximum atomic E-state index is 5.75. The van der Waals surface area contributed by atoms with Crippen LogP contribution in [0.2, 0.25) is 0 Å². The Kier molecular flexibility index (Phi) is 4.39. The van der Waals surface area contributed by atoms with Gasteiger partial charge in [0, 0.05) is 6.20 Å². The molecule has 1 aromatic carbocycles. The number of methoxy groups -OCH3 is 2. The highest BCUT2D eigenvalue weighted by Gasteiger charge is 2.03. The predicted octanol–water partition coefficient (Wildman–Crippen LogP) is 2.13. The Morgan fingerprint density at radius 2 is 2.00 bits per heavy atom. The summed E-state index contributed by atoms with van der Waals surface area (Å²) in [5.41, 5.74) is 9.94. The number of nitrogens with one attached hydrogen (secondary N) is 1. The summed E-state index contributed by atoms with van der Waals surface area (Å²) in [5.74, 6) is 1.84. The van der Waals surface area contributed by atoms with Crippen molar-refractivity contribution in [1.29, 1.82) is 0 Å². The first-order chi connectivity index (χ1) is 9.74. The number of ether oxygens (including phenoxy) is 2. The van der Waals surface area contributed by atoms with Gasteiger partial charge in [0.25, 0.3) is 0 Å². The molecule has 6 nitrogen and oxygen atoms in total. The van der Waals surface area contributed by atoms with Gasteiger partial charge >= 0.3 is 0 Å². The van der Waals surface area contributed by atoms with E-state index in [9.17, 15) is 0 Å². The molecule has 1 aromatic heterocycles. The summed E-state index contributed by atoms with van der Waals surface area (Å²) < 4.78 is 10.4. The van der Waals surface area contributed by atoms with E-state index < -0.39 is 0 Å². The Balaban J connectivity index is 2.10. The quantitative estimate of drug-likeness (QED) is 0.643. The van der Waals surface area contributed by atoms with Crippen LogP contribution in [0.25, 0.3) is 0 Å². The van der Waals surface area contributed by atoms with Crippen molar-refractivity contribution in [2.24, 2.45) is 5.10 Å². The fourth-order valence-corrected chi connectivity index (χ4v) is 1.61. The molecule has 20 heavy (non-hydrogen) atoms. The fraction of sp³-hybridized carbons (Fsp3) is 0.143. The Morgan fingerprint density at radius 1 is 1.20 bits per heavy atom. The zero-order valence-corrected chi connectivity index (χ0v) is 11.3. The molecule has 0 amide bonds. The lowest BCUT2D eigenvalue weighted by molar-refractivity contribution is 0.355. The van der Waals surface area contributed by atoms with Crippen LogP contribution in [0.5, 0.6) is 11.5 Å². The molecule has 0 fully saturated rings. The number of nitrogens with two attached hydrogens (primary N) is 1. The maximum Gasteiger partial charge on any atom is 0.169 e. The third kappa shape index (κ3) is 3.17. The van der Waals surface area contributed by atoms with E-state index in [0.717, 1.165) is 5.56 Å². The predicted molar refractivity (Wildman–Crippen MR) is 79.4 cm³/mol. The molecule has 1 heterocycles. The second kappa shape index (κ2) is 6.42. The van der Waals surface area contributed by atoms with Gasteiger partial charge in [0.2, 0.25) is 0 Å². The molecule has 0 aliphatic rings. The standard InChI is InChI=1S/C14H16N4O2/c1-19-12-6-5-10(8-13(12)20-2)9-17-18-14-11(15)4-3-7-16-14/h3-9H,15H2,1-2H3,(H,16,18)/b17-9+. The summed E-state index contributed by atoms with van der Waals surface area (Å²) in [6.45, 7) is 0. The first-order valence-corrected chi connectivity index (χ1v) is 5.96. The first kappa shape index (κ1) is 13.7. The van der Waals surface area contributed by atoms with Gasteiger partial charge in [0.15, 0.2) is 17.3 Å². The zero-order valence-electron chi connectivity index (χ0n) is 11.3. The van der Waals surface area contributed by atoms with E-state index in [1.165, 1.54) is 0 Å². The summed E-state index contributed by atoms with van der Waals surface area (Å²) >= 11 is 0. The Bertz CT molecular complexity index is 614. The van der Waals surface area contributed by atoms with Crippen molar-refractivity contribution in [3.63, 3.8) is 0 Å². The summed E-state index contributed by atoms with van der Waals surface area (Å²) in [4.78, 5) is 4.08. The zero-order chi connectivity index (χ0) is 14.4. The largest absolute Gasteiger partial charge is 0.493 e. The molecule has 3 N–H and O–H groups in total. The number of hydrogen-bond donors (Lipinski definition) is 2. The number of hydrogen-bond acceptors (Lipinski definition) is 6. The van der Waals surface area contributed by atoms with Gasteiger partial charge in [0.05, 0.1) is 26.1 Å². The minimum absolute atomic E-state index is 0.518. The van der Waals surface area contributed by atoms with Crippen LogP contribution >= 0.6 is 0 Å². The van der Waals surface area contributed by atoms with E-state index in [-0.39, 0.29) is 0 Å². The Morgan fingerprint density at radius 3 is 2.70 bits per heavy atom. The van der Waals surface area contributed by atoms with Crippen LogP contribution < -0.4 is 20.6 Å². The van der Waals surface area contributed by atoms with Crippen molar-refractivity contribution in [3.8, 4) is 11.5 Å². The van der Waals surface area contributed by atoms with Crippen LogP contribution in [0, 0.1) is 0 Å². The maximum absolute atomic E-state index is 5.75. The number of aromatic nitrogens is 1. The Labute approximate surface area is 117 Å². The fourth-order valence-electron chi connectivity index (χ4n) is 1.61. The molecule has 104 valence electrons. The lowest BCUT2D eigenvalue weighted by Crippen LogP contribution is -1.98. The minimum atomic E-state index is 0.518. The molecule has 0 atom stereocenters. The number of nitrogens with zero attached hydrogens (tertiary/aromatic N) is 2. The number of benzene rings is 1. The van der Waals surface area contributed by atoms with Crippen LogP contribution in [-0.4, -0.2) is 25.4 Å². The molecule has 0 saturated carbocycles. The normalized spacial score (nSPS) is 10.5. The lowest BCUT2D eigenvalue weighted by atomic mass is 10.2. The average molecular weight is 272 g/mol. The van der Waals surface area contributed by atoms with E-state index >= 15 is 0 Å². The summed E-state index contributed by atoms with van der Waals surface area (Å²) in [6.07, 6.45) is 3.29. The molecule has 2 rings (SSSR count). The summed E-state index contributed by atoms with van der Waals surface area (Å²) in [7, 11) is 3.18. The highest BCUT2D eigenvalue weighted by molar-refractivity contribution is 5.81. The van der Waals surface area contributed by atoms with Crippen LogP contribution in [0.1, 0.15) is 5.56 Å². The van der Waals surface area contributed by atoms with Crippen LogP contribution in [0.15, 0.2) is 41.6 Å². The Hall–Kier alpha value is -2.76. The number of pyridine rings is 1. The third-order valence-electron chi connectivity index (χ3n) is 2.63. The van der Waals surface area contributed by atoms with Gasteiger partial charge in [-0.2, -0.15) is 5.10 Å². The van der Waals surface area contributed by atoms with E-state index in [1.54, 1.807) is 38.8 Å². The van der Waals surface area contributed by atoms with Gasteiger partial charge in [-0.1, -0.05) is 0 Å². The van der Waals surface area contributed by atoms with E-state index in [1.807, 2.05) is 18.2 Å². The van der Waals surface area contributed by atoms with E-state index in [2.05, 4.69) is 15.5 Å². The summed E-state index contributed by atoms with van der Waals surface area (Å²) in [6, 6.07) is 9.02. The van der Waals surface area contributed by atoms with Crippen molar-refractivity contribution in [2.45, 2.75) is 0 Å². The molecule has 0 bridgehead atoms. The van der Waals surface area contributed by atoms with Crippen molar-refractivity contribution >= 4 is 17.7 Å². The number of nitrogen functional groups attached to an aromatic ring is 1. The minimum Gasteiger partial charge on any atom is -0.493 e. The van der Waals surface area contributed by atoms with Crippen molar-refractivity contribution in [2.75, 3.05) is 25.4 Å². The van der Waals surface area contributed by atoms with Crippen LogP contribution in [-0.2, 0) is 0 Å². The number of hydrazone groups is 1. The second-order valence-corrected chi connectivity index (χ2v) is 3.93. The molecular weight excluding hydrogens is 256 g/mol. The van der Waals surface area contributed by atoms with Crippen molar-refractivity contribution in [3.05, 3.63) is 42.1 Å². The number of anilines is 2. The van der Waals surface area contributed by atoms with Gasteiger partial charge in [0.1, 0.15) is 0 Å². The van der Waals surface area contributed by atoms with Gasteiger partial charge in [-0.3, -0.25) is 5.43 Å². The van der Waals surface area contributed by atoms with Gasteiger partial charge in [-0.05, 0) is 35.9 Å². The van der Waals surface area contributed by atoms with Crippen LogP contribution in [0.3, 0.4) is 0 Å². The summed E-state index contributed by atoms with van der Waals surface area (Å²) in [5, 5.41) is 4.09. The van der Waals surface area contributed by atoms with Gasteiger partial charge < -0.3 is 15.2 Å². The van der Waals surface area contributed by atoms with Gasteiger partial charge in [-0.15, -0.1) is 0 Å². The molecule has 0 aliphatic heterocycles. The van der Waals surface area contributed by atoms with Crippen LogP contribution in [0.4, 0.5) is 11.5 Å². The smallest absolute Gasteiger partial charge is 0.169 e. The molecule has 0 spiro atoms. The SMILES string of the molecule is COc1ccc(/C=N/Nc2ncccc2N)cc1OC. The highest BCUT2D eigenvalue weighted by atomic mass is 16.5. The highest BCUT2D eigenvalue weighted by Crippen LogP contribution is 2.26. The molecule has 0 saturated heterocycles. The second-order valence-electron chi connectivity index (χ2n) is 3.93. The average Bonchev–Trinajstić information content (AvgIpc) is 2.49. The molecule has 0 unspecified atom stereocenters. The molecule has 6 heteroatoms. The first-order valence-electron chi connectivity index (χ1n) is 5.96. The third-order valence-corrected chi connectivity index (χ3v) is 2.63. The number of rotatable bonds is 5. The van der Waals surface area contributed by atoms with Gasteiger partial charge in [-0.25, -0.2) is 4.98 Å². The monoisotopic (exact) mass is 272 g/mol. The molecule has 2 aromatic rings. The van der Waals surface area contributed by atoms with E-state index in [0.29, 0.717) is 23.0 Å². The topological polar surface area (TPSA) is 81.8 Å². The van der Waals surface area contributed by atoms with Crippen molar-refractivity contribution < 1.29 is 9.47 Å². The molecule has 0 aliphatic carbocycles. The van der Waals surface area contributed by atoms with E-state index in [4.69, 9.17) is 15.2 Å². The molecule has 0 radical (unpaired) electrons.